The summed E-state index contributed by atoms with van der Waals surface area (Å²) in [6, 6.07) is 8.49. The molecule has 9 nitrogen and oxygen atoms in total. The maximum Gasteiger partial charge on any atom is 0.274 e. The molecule has 3 aromatic heterocycles. The van der Waals surface area contributed by atoms with Crippen molar-refractivity contribution in [3.63, 3.8) is 0 Å². The Balaban J connectivity index is 1.77. The predicted molar refractivity (Wildman–Crippen MR) is 155 cm³/mol. The number of H-pyrrole nitrogens is 1. The number of likely N-dealkylation sites (N-methyl/N-ethyl adjacent to an activating group) is 1. The number of hydrogen-bond donors (Lipinski definition) is 2. The first-order valence-electron chi connectivity index (χ1n) is 13.2. The summed E-state index contributed by atoms with van der Waals surface area (Å²) < 4.78 is 24.0. The Labute approximate surface area is 231 Å². The van der Waals surface area contributed by atoms with Gasteiger partial charge in [0.2, 0.25) is 0 Å². The van der Waals surface area contributed by atoms with Crippen molar-refractivity contribution in [2.75, 3.05) is 27.2 Å². The summed E-state index contributed by atoms with van der Waals surface area (Å²) in [5, 5.41) is 8.87. The number of ether oxygens (including phenoxy) is 1. The lowest BCUT2D eigenvalue weighted by atomic mass is 10.0. The Morgan fingerprint density at radius 1 is 1.12 bits per heavy atom. The monoisotopic (exact) mass is 544 g/mol. The molecule has 5 aromatic rings. The van der Waals surface area contributed by atoms with Gasteiger partial charge in [-0.3, -0.25) is 14.3 Å². The fourth-order valence-electron chi connectivity index (χ4n) is 4.97. The SMILES string of the molecule is CCNC(=O)c1cc2c(-c3cc4c(cnn4CCN(C)C)cc3Oc3c(C)cc(F)cc3C)cn(C)c(=O)c2[nH]1. The Hall–Kier alpha value is -4.44. The molecule has 0 aliphatic carbocycles. The van der Waals surface area contributed by atoms with Crippen molar-refractivity contribution in [2.24, 2.45) is 7.05 Å². The highest BCUT2D eigenvalue weighted by molar-refractivity contribution is 6.04. The van der Waals surface area contributed by atoms with Crippen LogP contribution in [-0.2, 0) is 13.6 Å². The van der Waals surface area contributed by atoms with Crippen molar-refractivity contribution in [1.82, 2.24) is 29.5 Å². The van der Waals surface area contributed by atoms with Gasteiger partial charge in [-0.2, -0.15) is 5.10 Å². The lowest BCUT2D eigenvalue weighted by molar-refractivity contribution is 0.0951. The number of fused-ring (bicyclic) bond motifs is 2. The number of nitrogens with one attached hydrogen (secondary N) is 2. The molecule has 0 atom stereocenters. The number of rotatable bonds is 8. The molecule has 5 rings (SSSR count). The number of carbonyl (C=O) groups excluding carboxylic acids is 1. The largest absolute Gasteiger partial charge is 0.456 e. The number of hydrogen-bond acceptors (Lipinski definition) is 5. The average Bonchev–Trinajstić information content (AvgIpc) is 3.51. The van der Waals surface area contributed by atoms with Gasteiger partial charge in [0.15, 0.2) is 0 Å². The number of aryl methyl sites for hydroxylation is 3. The highest BCUT2D eigenvalue weighted by atomic mass is 19.1. The van der Waals surface area contributed by atoms with Gasteiger partial charge >= 0.3 is 0 Å². The molecule has 10 heteroatoms. The zero-order chi connectivity index (χ0) is 28.7. The van der Waals surface area contributed by atoms with Gasteiger partial charge in [0.1, 0.15) is 28.5 Å². The summed E-state index contributed by atoms with van der Waals surface area (Å²) in [4.78, 5) is 30.9. The van der Waals surface area contributed by atoms with Crippen LogP contribution in [-0.4, -0.2) is 57.3 Å². The van der Waals surface area contributed by atoms with Crippen LogP contribution in [0.25, 0.3) is 32.9 Å². The van der Waals surface area contributed by atoms with Crippen LogP contribution < -0.4 is 15.6 Å². The number of aromatic amines is 1. The second-order valence-electron chi connectivity index (χ2n) is 10.3. The van der Waals surface area contributed by atoms with E-state index in [4.69, 9.17) is 4.74 Å². The number of nitrogens with zero attached hydrogens (tertiary/aromatic N) is 4. The van der Waals surface area contributed by atoms with E-state index >= 15 is 0 Å². The lowest BCUT2D eigenvalue weighted by Gasteiger charge is -2.17. The molecule has 3 heterocycles. The topological polar surface area (TPSA) is 97.2 Å². The molecule has 0 aliphatic rings. The summed E-state index contributed by atoms with van der Waals surface area (Å²) in [5.74, 6) is 0.460. The molecular weight excluding hydrogens is 511 g/mol. The standard InChI is InChI=1S/C30H33FN6O3/c1-7-32-29(38)24-13-22-23(16-36(6)30(39)27(22)34-24)21-14-25-19(15-33-37(25)9-8-35(4)5)12-26(21)40-28-17(2)10-20(31)11-18(28)3/h10-16,34H,7-9H2,1-6H3,(H,32,38). The first-order valence-corrected chi connectivity index (χ1v) is 13.2. The maximum absolute atomic E-state index is 14.1. The van der Waals surface area contributed by atoms with Crippen LogP contribution in [0.15, 0.2) is 47.5 Å². The summed E-state index contributed by atoms with van der Waals surface area (Å²) >= 11 is 0. The van der Waals surface area contributed by atoms with Gasteiger partial charge in [0.05, 0.1) is 18.3 Å². The van der Waals surface area contributed by atoms with Crippen molar-refractivity contribution < 1.29 is 13.9 Å². The molecule has 0 saturated carbocycles. The third-order valence-electron chi connectivity index (χ3n) is 6.98. The van der Waals surface area contributed by atoms with E-state index in [1.165, 1.54) is 16.7 Å². The third-order valence-corrected chi connectivity index (χ3v) is 6.98. The molecule has 40 heavy (non-hydrogen) atoms. The normalized spacial score (nSPS) is 11.6. The van der Waals surface area contributed by atoms with Gasteiger partial charge in [-0.05, 0) is 76.3 Å². The van der Waals surface area contributed by atoms with Crippen molar-refractivity contribution in [3.05, 3.63) is 75.7 Å². The third kappa shape index (κ3) is 4.98. The summed E-state index contributed by atoms with van der Waals surface area (Å²) in [6.45, 7) is 7.39. The van der Waals surface area contributed by atoms with Gasteiger partial charge < -0.3 is 24.5 Å². The van der Waals surface area contributed by atoms with Crippen molar-refractivity contribution in [3.8, 4) is 22.6 Å². The summed E-state index contributed by atoms with van der Waals surface area (Å²) in [5.41, 5.74) is 4.01. The molecule has 0 aliphatic heterocycles. The van der Waals surface area contributed by atoms with Gasteiger partial charge in [-0.1, -0.05) is 0 Å². The molecule has 0 spiro atoms. The first kappa shape index (κ1) is 27.1. The lowest BCUT2D eigenvalue weighted by Crippen LogP contribution is -2.23. The second kappa shape index (κ2) is 10.6. The van der Waals surface area contributed by atoms with Crippen LogP contribution in [0.4, 0.5) is 4.39 Å². The number of aromatic nitrogens is 4. The number of pyridine rings is 1. The molecule has 0 unspecified atom stereocenters. The molecule has 2 N–H and O–H groups in total. The Morgan fingerprint density at radius 3 is 2.52 bits per heavy atom. The minimum atomic E-state index is -0.329. The van der Waals surface area contributed by atoms with Gasteiger partial charge in [-0.15, -0.1) is 0 Å². The molecule has 0 saturated heterocycles. The number of benzene rings is 2. The Morgan fingerprint density at radius 2 is 1.85 bits per heavy atom. The maximum atomic E-state index is 14.1. The molecule has 1 amide bonds. The van der Waals surface area contributed by atoms with E-state index in [2.05, 4.69) is 20.3 Å². The molecular formula is C30H33FN6O3. The quantitative estimate of drug-likeness (QED) is 0.294. The predicted octanol–water partition coefficient (Wildman–Crippen LogP) is 4.74. The van der Waals surface area contributed by atoms with Crippen LogP contribution in [0.5, 0.6) is 11.5 Å². The van der Waals surface area contributed by atoms with E-state index in [0.29, 0.717) is 63.4 Å². The van der Waals surface area contributed by atoms with E-state index in [1.807, 2.05) is 37.8 Å². The van der Waals surface area contributed by atoms with Crippen LogP contribution in [0.2, 0.25) is 0 Å². The highest BCUT2D eigenvalue weighted by Gasteiger charge is 2.21. The van der Waals surface area contributed by atoms with E-state index in [1.54, 1.807) is 39.4 Å². The van der Waals surface area contributed by atoms with Gasteiger partial charge in [0, 0.05) is 48.2 Å². The fourth-order valence-corrected chi connectivity index (χ4v) is 4.97. The highest BCUT2D eigenvalue weighted by Crippen LogP contribution is 2.41. The zero-order valence-corrected chi connectivity index (χ0v) is 23.6. The molecule has 0 fully saturated rings. The van der Waals surface area contributed by atoms with Crippen LogP contribution in [0.1, 0.15) is 28.5 Å². The first-order chi connectivity index (χ1) is 19.1. The minimum Gasteiger partial charge on any atom is -0.456 e. The van der Waals surface area contributed by atoms with E-state index < -0.39 is 0 Å². The molecule has 208 valence electrons. The summed E-state index contributed by atoms with van der Waals surface area (Å²) in [6.07, 6.45) is 3.55. The summed E-state index contributed by atoms with van der Waals surface area (Å²) in [7, 11) is 5.69. The molecule has 0 bridgehead atoms. The van der Waals surface area contributed by atoms with E-state index in [9.17, 15) is 14.0 Å². The number of halogens is 1. The van der Waals surface area contributed by atoms with Crippen LogP contribution in [0, 0.1) is 19.7 Å². The Bertz CT molecular complexity index is 1790. The van der Waals surface area contributed by atoms with E-state index in [-0.39, 0.29) is 17.3 Å². The Kier molecular flexibility index (Phi) is 7.20. The minimum absolute atomic E-state index is 0.251. The second-order valence-corrected chi connectivity index (χ2v) is 10.3. The van der Waals surface area contributed by atoms with Gasteiger partial charge in [0.25, 0.3) is 11.5 Å². The van der Waals surface area contributed by atoms with E-state index in [0.717, 1.165) is 17.4 Å². The van der Waals surface area contributed by atoms with Crippen molar-refractivity contribution in [1.29, 1.82) is 0 Å². The fraction of sp³-hybridized carbons (Fsp3) is 0.300. The van der Waals surface area contributed by atoms with Crippen LogP contribution >= 0.6 is 0 Å². The van der Waals surface area contributed by atoms with Crippen molar-refractivity contribution >= 4 is 27.7 Å². The smallest absolute Gasteiger partial charge is 0.274 e. The number of amides is 1. The average molecular weight is 545 g/mol. The van der Waals surface area contributed by atoms with Gasteiger partial charge in [-0.25, -0.2) is 4.39 Å². The van der Waals surface area contributed by atoms with Crippen molar-refractivity contribution in [2.45, 2.75) is 27.3 Å². The van der Waals surface area contributed by atoms with Crippen LogP contribution in [0.3, 0.4) is 0 Å². The number of carbonyl (C=O) groups is 1. The molecule has 0 radical (unpaired) electrons. The zero-order valence-electron chi connectivity index (χ0n) is 23.6. The molecule has 2 aromatic carbocycles.